The molecule has 0 aromatic heterocycles. The largest absolute Gasteiger partial charge is 0.313 e. The Kier molecular flexibility index (Phi) is 5.56. The second-order valence-corrected chi connectivity index (χ2v) is 6.67. The van der Waals surface area contributed by atoms with Crippen LogP contribution in [0.2, 0.25) is 0 Å². The number of benzene rings is 1. The molecule has 0 aliphatic heterocycles. The molecular formula is C16H22BrF2N. The van der Waals surface area contributed by atoms with E-state index in [1.807, 2.05) is 0 Å². The van der Waals surface area contributed by atoms with Crippen molar-refractivity contribution in [3.05, 3.63) is 33.8 Å². The summed E-state index contributed by atoms with van der Waals surface area (Å²) in [6.45, 7) is 2.20. The van der Waals surface area contributed by atoms with Crippen LogP contribution < -0.4 is 5.32 Å². The van der Waals surface area contributed by atoms with Crippen LogP contribution in [0.3, 0.4) is 0 Å². The van der Waals surface area contributed by atoms with Gasteiger partial charge >= 0.3 is 0 Å². The van der Waals surface area contributed by atoms with Gasteiger partial charge < -0.3 is 5.32 Å². The molecule has 1 saturated carbocycles. The Bertz CT molecular complexity index is 441. The molecule has 112 valence electrons. The van der Waals surface area contributed by atoms with Crippen molar-refractivity contribution in [3.8, 4) is 0 Å². The van der Waals surface area contributed by atoms with Crippen LogP contribution in [0.15, 0.2) is 16.6 Å². The maximum atomic E-state index is 14.2. The molecule has 0 spiro atoms. The Morgan fingerprint density at radius 1 is 1.30 bits per heavy atom. The fourth-order valence-electron chi connectivity index (χ4n) is 3.47. The van der Waals surface area contributed by atoms with E-state index in [1.165, 1.54) is 18.6 Å². The molecule has 1 aliphatic carbocycles. The standard InChI is InChI=1S/C16H22BrF2N/c1-3-10-5-4-6-11(7-10)16(20-2)15-13(18)8-12(17)9-14(15)19/h8-11,16,20H,3-7H2,1-2H3. The Hall–Kier alpha value is -0.480. The lowest BCUT2D eigenvalue weighted by Crippen LogP contribution is -2.31. The van der Waals surface area contributed by atoms with E-state index in [0.717, 1.165) is 25.7 Å². The van der Waals surface area contributed by atoms with E-state index < -0.39 is 11.6 Å². The predicted molar refractivity (Wildman–Crippen MR) is 81.6 cm³/mol. The first-order valence-corrected chi connectivity index (χ1v) is 8.17. The van der Waals surface area contributed by atoms with Crippen molar-refractivity contribution >= 4 is 15.9 Å². The highest BCUT2D eigenvalue weighted by Gasteiger charge is 2.31. The normalized spacial score (nSPS) is 24.6. The zero-order chi connectivity index (χ0) is 14.7. The summed E-state index contributed by atoms with van der Waals surface area (Å²) < 4.78 is 28.8. The molecule has 20 heavy (non-hydrogen) atoms. The van der Waals surface area contributed by atoms with Gasteiger partial charge in [0.1, 0.15) is 11.6 Å². The van der Waals surface area contributed by atoms with Crippen LogP contribution in [0.25, 0.3) is 0 Å². The lowest BCUT2D eigenvalue weighted by atomic mass is 9.75. The molecule has 1 aromatic carbocycles. The third-order valence-corrected chi connectivity index (χ3v) is 5.00. The zero-order valence-electron chi connectivity index (χ0n) is 12.1. The van der Waals surface area contributed by atoms with E-state index in [-0.39, 0.29) is 11.6 Å². The van der Waals surface area contributed by atoms with Gasteiger partial charge in [0, 0.05) is 16.1 Å². The van der Waals surface area contributed by atoms with Crippen LogP contribution in [0, 0.1) is 23.5 Å². The molecule has 2 rings (SSSR count). The average Bonchev–Trinajstić information content (AvgIpc) is 2.42. The van der Waals surface area contributed by atoms with E-state index in [9.17, 15) is 8.78 Å². The lowest BCUT2D eigenvalue weighted by molar-refractivity contribution is 0.209. The molecule has 3 atom stereocenters. The Morgan fingerprint density at radius 3 is 2.50 bits per heavy atom. The lowest BCUT2D eigenvalue weighted by Gasteiger charge is -2.34. The number of hydrogen-bond donors (Lipinski definition) is 1. The highest BCUT2D eigenvalue weighted by molar-refractivity contribution is 9.10. The summed E-state index contributed by atoms with van der Waals surface area (Å²) in [4.78, 5) is 0. The monoisotopic (exact) mass is 345 g/mol. The van der Waals surface area contributed by atoms with Crippen LogP contribution in [-0.2, 0) is 0 Å². The van der Waals surface area contributed by atoms with Crippen LogP contribution in [0.5, 0.6) is 0 Å². The minimum Gasteiger partial charge on any atom is -0.313 e. The predicted octanol–water partition coefficient (Wildman–Crippen LogP) is 5.20. The fraction of sp³-hybridized carbons (Fsp3) is 0.625. The van der Waals surface area contributed by atoms with Gasteiger partial charge in [0.05, 0.1) is 0 Å². The number of hydrogen-bond acceptors (Lipinski definition) is 1. The van der Waals surface area contributed by atoms with Gasteiger partial charge in [0.25, 0.3) is 0 Å². The molecule has 0 heterocycles. The van der Waals surface area contributed by atoms with Crippen LogP contribution >= 0.6 is 15.9 Å². The minimum atomic E-state index is -0.463. The maximum Gasteiger partial charge on any atom is 0.132 e. The number of nitrogens with one attached hydrogen (secondary N) is 1. The van der Waals surface area contributed by atoms with Crippen LogP contribution in [0.1, 0.15) is 50.6 Å². The summed E-state index contributed by atoms with van der Waals surface area (Å²) in [6, 6.07) is 2.46. The minimum absolute atomic E-state index is 0.192. The third-order valence-electron chi connectivity index (χ3n) is 4.54. The van der Waals surface area contributed by atoms with Gasteiger partial charge in [-0.2, -0.15) is 0 Å². The van der Waals surface area contributed by atoms with E-state index in [1.54, 1.807) is 7.05 Å². The maximum absolute atomic E-state index is 14.2. The van der Waals surface area contributed by atoms with E-state index in [4.69, 9.17) is 0 Å². The molecule has 4 heteroatoms. The van der Waals surface area contributed by atoms with E-state index in [2.05, 4.69) is 28.2 Å². The van der Waals surface area contributed by atoms with E-state index in [0.29, 0.717) is 16.3 Å². The van der Waals surface area contributed by atoms with Gasteiger partial charge in [0.15, 0.2) is 0 Å². The first-order chi connectivity index (χ1) is 9.56. The highest BCUT2D eigenvalue weighted by Crippen LogP contribution is 2.40. The van der Waals surface area contributed by atoms with Crippen LogP contribution in [0.4, 0.5) is 8.78 Å². The average molecular weight is 346 g/mol. The fourth-order valence-corrected chi connectivity index (χ4v) is 3.87. The number of halogens is 3. The summed E-state index contributed by atoms with van der Waals surface area (Å²) in [7, 11) is 1.79. The topological polar surface area (TPSA) is 12.0 Å². The molecule has 0 saturated heterocycles. The van der Waals surface area contributed by atoms with Gasteiger partial charge in [-0.1, -0.05) is 42.1 Å². The summed E-state index contributed by atoms with van der Waals surface area (Å²) in [5.74, 6) is 0.0692. The van der Waals surface area contributed by atoms with Crippen molar-refractivity contribution in [3.63, 3.8) is 0 Å². The summed E-state index contributed by atoms with van der Waals surface area (Å²) >= 11 is 3.13. The van der Waals surface area contributed by atoms with Gasteiger partial charge in [-0.25, -0.2) is 8.78 Å². The van der Waals surface area contributed by atoms with Gasteiger partial charge in [-0.05, 0) is 43.9 Å². The second kappa shape index (κ2) is 6.99. The van der Waals surface area contributed by atoms with Crippen molar-refractivity contribution in [2.75, 3.05) is 7.05 Å². The quantitative estimate of drug-likeness (QED) is 0.790. The molecule has 1 aliphatic rings. The Morgan fingerprint density at radius 2 is 1.95 bits per heavy atom. The van der Waals surface area contributed by atoms with Crippen molar-refractivity contribution in [2.45, 2.75) is 45.1 Å². The molecule has 1 fully saturated rings. The SMILES string of the molecule is CCC1CCCC(C(NC)c2c(F)cc(Br)cc2F)C1. The van der Waals surface area contributed by atoms with Gasteiger partial charge in [0.2, 0.25) is 0 Å². The molecule has 3 unspecified atom stereocenters. The summed E-state index contributed by atoms with van der Waals surface area (Å²) in [5, 5.41) is 3.14. The van der Waals surface area contributed by atoms with E-state index >= 15 is 0 Å². The van der Waals surface area contributed by atoms with Crippen molar-refractivity contribution in [2.24, 2.45) is 11.8 Å². The highest BCUT2D eigenvalue weighted by atomic mass is 79.9. The first-order valence-electron chi connectivity index (χ1n) is 7.38. The van der Waals surface area contributed by atoms with Gasteiger partial charge in [-0.3, -0.25) is 0 Å². The number of rotatable bonds is 4. The molecular weight excluding hydrogens is 324 g/mol. The van der Waals surface area contributed by atoms with Gasteiger partial charge in [-0.15, -0.1) is 0 Å². The Labute approximate surface area is 128 Å². The summed E-state index contributed by atoms with van der Waals surface area (Å²) in [5.41, 5.74) is 0.192. The van der Waals surface area contributed by atoms with Crippen LogP contribution in [-0.4, -0.2) is 7.05 Å². The molecule has 1 nitrogen and oxygen atoms in total. The smallest absolute Gasteiger partial charge is 0.132 e. The van der Waals surface area contributed by atoms with Crippen molar-refractivity contribution < 1.29 is 8.78 Å². The molecule has 0 radical (unpaired) electrons. The first kappa shape index (κ1) is 15.9. The summed E-state index contributed by atoms with van der Waals surface area (Å²) in [6.07, 6.45) is 5.64. The molecule has 0 bridgehead atoms. The molecule has 1 aromatic rings. The Balaban J connectivity index is 2.28. The van der Waals surface area contributed by atoms with Crippen molar-refractivity contribution in [1.82, 2.24) is 5.32 Å². The second-order valence-electron chi connectivity index (χ2n) is 5.75. The molecule has 0 amide bonds. The zero-order valence-corrected chi connectivity index (χ0v) is 13.6. The van der Waals surface area contributed by atoms with Crippen molar-refractivity contribution in [1.29, 1.82) is 0 Å². The third kappa shape index (κ3) is 3.40. The molecule has 1 N–H and O–H groups in total.